The number of hydrogen-bond donors (Lipinski definition) is 0. The Kier molecular flexibility index (Phi) is 4.20. The molecule has 2 aliphatic carbocycles. The fourth-order valence-corrected chi connectivity index (χ4v) is 7.70. The van der Waals surface area contributed by atoms with Crippen molar-refractivity contribution in [1.29, 1.82) is 0 Å². The highest BCUT2D eigenvalue weighted by molar-refractivity contribution is 7.89. The Morgan fingerprint density at radius 3 is 2.56 bits per heavy atom. The van der Waals surface area contributed by atoms with Gasteiger partial charge in [-0.25, -0.2) is 8.42 Å². The highest BCUT2D eigenvalue weighted by Crippen LogP contribution is 2.67. The number of sulfonamides is 1. The predicted molar refractivity (Wildman–Crippen MR) is 102 cm³/mol. The van der Waals surface area contributed by atoms with Gasteiger partial charge < -0.3 is 4.79 Å². The molecular weight excluding hydrogens is 362 g/mol. The molecule has 3 fully saturated rings. The Hall–Kier alpha value is -1.79. The quantitative estimate of drug-likeness (QED) is 0.588. The van der Waals surface area contributed by atoms with Crippen molar-refractivity contribution in [3.63, 3.8) is 0 Å². The number of carbonyl (C=O) groups excluding carboxylic acids is 2. The highest BCUT2D eigenvalue weighted by Gasteiger charge is 2.72. The summed E-state index contributed by atoms with van der Waals surface area (Å²) in [4.78, 5) is 25.7. The number of benzene rings is 1. The highest BCUT2D eigenvalue weighted by atomic mass is 32.2. The first-order valence-electron chi connectivity index (χ1n) is 9.54. The van der Waals surface area contributed by atoms with Gasteiger partial charge in [0.05, 0.1) is 10.3 Å². The van der Waals surface area contributed by atoms with Crippen LogP contribution in [0.3, 0.4) is 0 Å². The van der Waals surface area contributed by atoms with Crippen LogP contribution >= 0.6 is 0 Å². The second-order valence-corrected chi connectivity index (χ2v) is 10.1. The lowest BCUT2D eigenvalue weighted by atomic mass is 9.60. The molecule has 1 aliphatic heterocycles. The van der Waals surface area contributed by atoms with Crippen LogP contribution in [-0.2, 0) is 19.6 Å². The molecule has 144 valence electrons. The summed E-state index contributed by atoms with van der Waals surface area (Å²) >= 11 is 0. The molecule has 4 rings (SSSR count). The van der Waals surface area contributed by atoms with E-state index in [1.54, 1.807) is 30.3 Å². The molecule has 1 aromatic rings. The zero-order chi connectivity index (χ0) is 19.4. The van der Waals surface area contributed by atoms with Crippen molar-refractivity contribution < 1.29 is 18.0 Å². The van der Waals surface area contributed by atoms with E-state index in [1.165, 1.54) is 4.31 Å². The number of carbonyl (C=O) groups is 2. The number of aldehydes is 1. The smallest absolute Gasteiger partial charge is 0.243 e. The molecule has 1 aromatic carbocycles. The van der Waals surface area contributed by atoms with Crippen molar-refractivity contribution in [2.45, 2.75) is 50.0 Å². The minimum absolute atomic E-state index is 0.0332. The van der Waals surface area contributed by atoms with Gasteiger partial charge in [-0.3, -0.25) is 4.79 Å². The Bertz CT molecular complexity index is 907. The topological polar surface area (TPSA) is 71.5 Å². The Balaban J connectivity index is 1.81. The van der Waals surface area contributed by atoms with E-state index in [1.807, 2.05) is 6.92 Å². The number of hydrogen-bond acceptors (Lipinski definition) is 4. The molecule has 0 radical (unpaired) electrons. The lowest BCUT2D eigenvalue weighted by Crippen LogP contribution is -2.58. The summed E-state index contributed by atoms with van der Waals surface area (Å²) in [6.45, 7) is 6.15. The molecule has 0 unspecified atom stereocenters. The van der Waals surface area contributed by atoms with Crippen molar-refractivity contribution in [2.75, 3.05) is 6.54 Å². The average Bonchev–Trinajstić information content (AvgIpc) is 3.12. The van der Waals surface area contributed by atoms with Gasteiger partial charge in [-0.2, -0.15) is 4.31 Å². The van der Waals surface area contributed by atoms with Gasteiger partial charge >= 0.3 is 0 Å². The lowest BCUT2D eigenvalue weighted by Gasteiger charge is -2.48. The van der Waals surface area contributed by atoms with Gasteiger partial charge in [0.1, 0.15) is 12.1 Å². The van der Waals surface area contributed by atoms with E-state index in [0.717, 1.165) is 11.8 Å². The van der Waals surface area contributed by atoms with Crippen molar-refractivity contribution in [1.82, 2.24) is 4.31 Å². The van der Waals surface area contributed by atoms with Crippen LogP contribution < -0.4 is 0 Å². The van der Waals surface area contributed by atoms with E-state index in [4.69, 9.17) is 0 Å². The van der Waals surface area contributed by atoms with Crippen LogP contribution in [0.4, 0.5) is 0 Å². The Morgan fingerprint density at radius 1 is 1.22 bits per heavy atom. The van der Waals surface area contributed by atoms with Crippen LogP contribution in [0.1, 0.15) is 37.7 Å². The molecule has 1 heterocycles. The number of rotatable bonds is 4. The summed E-state index contributed by atoms with van der Waals surface area (Å²) in [6, 6.07) is 6.37. The molecule has 0 aromatic heterocycles. The van der Waals surface area contributed by atoms with E-state index >= 15 is 0 Å². The van der Waals surface area contributed by atoms with Crippen LogP contribution in [0.15, 0.2) is 41.8 Å². The van der Waals surface area contributed by atoms with Crippen molar-refractivity contribution in [2.24, 2.45) is 16.7 Å². The standard InChI is InChI=1S/C21H25NO4S/c1-3-16-13-19(24)21-10-4-12-22(18(21)9-11-20(16,21)14-23)27(25,26)17-7-5-15(2)6-8-17/h3,5-8,14,16,18H,1,4,9-13H2,2H3/t16-,18-,20-,21-/m0/s1. The van der Waals surface area contributed by atoms with Gasteiger partial charge in [-0.15, -0.1) is 6.58 Å². The van der Waals surface area contributed by atoms with Crippen LogP contribution in [0, 0.1) is 23.7 Å². The van der Waals surface area contributed by atoms with Gasteiger partial charge in [0.15, 0.2) is 0 Å². The van der Waals surface area contributed by atoms with Crippen LogP contribution in [0.5, 0.6) is 0 Å². The molecule has 0 N–H and O–H groups in total. The summed E-state index contributed by atoms with van der Waals surface area (Å²) in [5, 5.41) is 0. The van der Waals surface area contributed by atoms with Crippen molar-refractivity contribution in [3.8, 4) is 0 Å². The first kappa shape index (κ1) is 18.6. The third-order valence-corrected chi connectivity index (χ3v) is 9.14. The largest absolute Gasteiger partial charge is 0.303 e. The first-order valence-corrected chi connectivity index (χ1v) is 11.0. The normalized spacial score (nSPS) is 36.3. The Labute approximate surface area is 160 Å². The van der Waals surface area contributed by atoms with Crippen LogP contribution in [-0.4, -0.2) is 37.4 Å². The van der Waals surface area contributed by atoms with Gasteiger partial charge in [-0.05, 0) is 50.7 Å². The number of aryl methyl sites for hydroxylation is 1. The van der Waals surface area contributed by atoms with E-state index in [-0.39, 0.29) is 23.0 Å². The maximum Gasteiger partial charge on any atom is 0.243 e. The van der Waals surface area contributed by atoms with Gasteiger partial charge in [-0.1, -0.05) is 23.8 Å². The summed E-state index contributed by atoms with van der Waals surface area (Å²) in [7, 11) is -3.72. The second-order valence-electron chi connectivity index (χ2n) is 8.19. The molecule has 1 spiro atoms. The van der Waals surface area contributed by atoms with Crippen molar-refractivity contribution in [3.05, 3.63) is 42.5 Å². The zero-order valence-electron chi connectivity index (χ0n) is 15.6. The number of nitrogens with zero attached hydrogens (tertiary/aromatic N) is 1. The summed E-state index contributed by atoms with van der Waals surface area (Å²) in [5.41, 5.74) is -0.716. The van der Waals surface area contributed by atoms with E-state index in [2.05, 4.69) is 6.58 Å². The zero-order valence-corrected chi connectivity index (χ0v) is 16.4. The third kappa shape index (κ3) is 2.23. The minimum atomic E-state index is -3.72. The predicted octanol–water partition coefficient (Wildman–Crippen LogP) is 2.89. The van der Waals surface area contributed by atoms with Crippen molar-refractivity contribution >= 4 is 22.1 Å². The number of ketones is 1. The first-order chi connectivity index (χ1) is 12.8. The van der Waals surface area contributed by atoms with Gasteiger partial charge in [0.25, 0.3) is 0 Å². The molecule has 4 atom stereocenters. The lowest BCUT2D eigenvalue weighted by molar-refractivity contribution is -0.139. The van der Waals surface area contributed by atoms with Crippen LogP contribution in [0.2, 0.25) is 0 Å². The molecule has 0 bridgehead atoms. The number of allylic oxidation sites excluding steroid dienone is 1. The molecule has 2 saturated carbocycles. The number of Topliss-reactive ketones (excluding diaryl/α,β-unsaturated/α-hetero) is 1. The molecule has 1 saturated heterocycles. The monoisotopic (exact) mass is 387 g/mol. The molecule has 0 amide bonds. The molecule has 5 nitrogen and oxygen atoms in total. The molecule has 3 aliphatic rings. The van der Waals surface area contributed by atoms with E-state index in [0.29, 0.717) is 32.2 Å². The Morgan fingerprint density at radius 2 is 1.93 bits per heavy atom. The molecule has 27 heavy (non-hydrogen) atoms. The average molecular weight is 388 g/mol. The number of piperidine rings is 1. The summed E-state index contributed by atoms with van der Waals surface area (Å²) in [6.07, 6.45) is 5.20. The van der Waals surface area contributed by atoms with Gasteiger partial charge in [0, 0.05) is 24.4 Å². The van der Waals surface area contributed by atoms with E-state index < -0.39 is 26.9 Å². The SMILES string of the molecule is C=C[C@H]1CC(=O)[C@]23CCCN(S(=O)(=O)c4ccc(C)cc4)[C@H]2CC[C@]13C=O. The second kappa shape index (κ2) is 6.11. The summed E-state index contributed by atoms with van der Waals surface area (Å²) in [5.74, 6) is -0.166. The van der Waals surface area contributed by atoms with Gasteiger partial charge in [0.2, 0.25) is 10.0 Å². The maximum atomic E-state index is 13.4. The fraction of sp³-hybridized carbons (Fsp3) is 0.524. The molecule has 6 heteroatoms. The third-order valence-electron chi connectivity index (χ3n) is 7.22. The van der Waals surface area contributed by atoms with Crippen LogP contribution in [0.25, 0.3) is 0 Å². The summed E-state index contributed by atoms with van der Waals surface area (Å²) < 4.78 is 28.3. The minimum Gasteiger partial charge on any atom is -0.303 e. The molecular formula is C21H25NO4S. The fourth-order valence-electron chi connectivity index (χ4n) is 5.96. The van der Waals surface area contributed by atoms with E-state index in [9.17, 15) is 18.0 Å². The maximum absolute atomic E-state index is 13.4.